The Morgan fingerprint density at radius 2 is 2.25 bits per heavy atom. The summed E-state index contributed by atoms with van der Waals surface area (Å²) in [6.45, 7) is 1.20. The zero-order chi connectivity index (χ0) is 14.6. The zero-order valence-corrected chi connectivity index (χ0v) is 12.3. The third-order valence-corrected chi connectivity index (χ3v) is 4.67. The number of anilines is 1. The predicted molar refractivity (Wildman–Crippen MR) is 76.2 cm³/mol. The molecule has 1 saturated heterocycles. The van der Waals surface area contributed by atoms with E-state index in [-0.39, 0.29) is 11.0 Å². The Labute approximate surface area is 119 Å². The van der Waals surface area contributed by atoms with Crippen molar-refractivity contribution < 1.29 is 17.9 Å². The first-order chi connectivity index (χ1) is 9.53. The van der Waals surface area contributed by atoms with Crippen LogP contribution in [0.25, 0.3) is 0 Å². The third-order valence-electron chi connectivity index (χ3n) is 3.26. The van der Waals surface area contributed by atoms with Gasteiger partial charge in [-0.2, -0.15) is 0 Å². The van der Waals surface area contributed by atoms with Crippen LogP contribution in [-0.4, -0.2) is 34.8 Å². The number of sulfonamides is 1. The Morgan fingerprint density at radius 1 is 1.45 bits per heavy atom. The maximum atomic E-state index is 11.6. The topological polar surface area (TPSA) is 90.7 Å². The van der Waals surface area contributed by atoms with Crippen molar-refractivity contribution >= 4 is 15.7 Å². The van der Waals surface area contributed by atoms with Gasteiger partial charge in [0.2, 0.25) is 10.0 Å². The molecule has 0 saturated carbocycles. The lowest BCUT2D eigenvalue weighted by molar-refractivity contribution is -0.0109. The number of nitrogens with one attached hydrogen (secondary N) is 1. The van der Waals surface area contributed by atoms with E-state index in [1.54, 1.807) is 6.07 Å². The second-order valence-electron chi connectivity index (χ2n) is 4.71. The molecular formula is C13H20N2O4S. The second-order valence-corrected chi connectivity index (χ2v) is 6.59. The normalized spacial score (nSPS) is 19.8. The van der Waals surface area contributed by atoms with Crippen molar-refractivity contribution in [2.24, 2.45) is 0 Å². The summed E-state index contributed by atoms with van der Waals surface area (Å²) in [5.74, 6) is 0.481. The van der Waals surface area contributed by atoms with Gasteiger partial charge in [0.15, 0.2) is 0 Å². The first-order valence-electron chi connectivity index (χ1n) is 6.60. The van der Waals surface area contributed by atoms with Gasteiger partial charge in [0.1, 0.15) is 12.4 Å². The molecule has 0 aliphatic carbocycles. The minimum atomic E-state index is -3.48. The summed E-state index contributed by atoms with van der Waals surface area (Å²) in [5.41, 5.74) is 6.13. The van der Waals surface area contributed by atoms with Gasteiger partial charge in [0, 0.05) is 6.61 Å². The van der Waals surface area contributed by atoms with Gasteiger partial charge < -0.3 is 15.2 Å². The number of ether oxygens (including phenoxy) is 2. The molecule has 6 nitrogen and oxygen atoms in total. The highest BCUT2D eigenvalue weighted by Crippen LogP contribution is 2.25. The Hall–Kier alpha value is -1.31. The fourth-order valence-corrected chi connectivity index (χ4v) is 2.83. The van der Waals surface area contributed by atoms with Gasteiger partial charge in [-0.3, -0.25) is 0 Å². The molecule has 1 aromatic carbocycles. The van der Waals surface area contributed by atoms with Crippen LogP contribution in [0.3, 0.4) is 0 Å². The van der Waals surface area contributed by atoms with Crippen molar-refractivity contribution in [3.63, 3.8) is 0 Å². The summed E-state index contributed by atoms with van der Waals surface area (Å²) < 4.78 is 36.7. The van der Waals surface area contributed by atoms with E-state index < -0.39 is 10.0 Å². The van der Waals surface area contributed by atoms with Crippen molar-refractivity contribution in [2.45, 2.75) is 30.3 Å². The van der Waals surface area contributed by atoms with Crippen LogP contribution in [0, 0.1) is 0 Å². The van der Waals surface area contributed by atoms with Gasteiger partial charge in [-0.05, 0) is 44.5 Å². The summed E-state index contributed by atoms with van der Waals surface area (Å²) in [6.07, 6.45) is 3.30. The second kappa shape index (κ2) is 6.43. The summed E-state index contributed by atoms with van der Waals surface area (Å²) in [4.78, 5) is 0.124. The maximum absolute atomic E-state index is 11.6. The van der Waals surface area contributed by atoms with Crippen LogP contribution < -0.4 is 15.2 Å². The molecule has 20 heavy (non-hydrogen) atoms. The molecular weight excluding hydrogens is 280 g/mol. The van der Waals surface area contributed by atoms with Gasteiger partial charge in [-0.25, -0.2) is 13.1 Å². The SMILES string of the molecule is CNS(=O)(=O)c1ccc(OCC2CCCCO2)c(N)c1. The predicted octanol–water partition coefficient (Wildman–Crippen LogP) is 1.12. The van der Waals surface area contributed by atoms with Crippen LogP contribution in [0.1, 0.15) is 19.3 Å². The lowest BCUT2D eigenvalue weighted by Crippen LogP contribution is -2.26. The van der Waals surface area contributed by atoms with Crippen molar-refractivity contribution in [3.05, 3.63) is 18.2 Å². The molecule has 0 amide bonds. The van der Waals surface area contributed by atoms with Crippen LogP contribution in [0.4, 0.5) is 5.69 Å². The van der Waals surface area contributed by atoms with Gasteiger partial charge in [-0.1, -0.05) is 0 Å². The van der Waals surface area contributed by atoms with Crippen LogP contribution >= 0.6 is 0 Å². The van der Waals surface area contributed by atoms with E-state index in [1.165, 1.54) is 19.2 Å². The summed E-state index contributed by atoms with van der Waals surface area (Å²) in [7, 11) is -2.13. The molecule has 1 unspecified atom stereocenters. The molecule has 2 rings (SSSR count). The van der Waals surface area contributed by atoms with Crippen molar-refractivity contribution in [3.8, 4) is 5.75 Å². The van der Waals surface area contributed by atoms with Crippen LogP contribution in [0.5, 0.6) is 5.75 Å². The first kappa shape index (κ1) is 15.1. The molecule has 0 radical (unpaired) electrons. The Bertz CT molecular complexity index is 553. The van der Waals surface area contributed by atoms with Gasteiger partial charge in [0.25, 0.3) is 0 Å². The van der Waals surface area contributed by atoms with Crippen molar-refractivity contribution in [1.82, 2.24) is 4.72 Å². The largest absolute Gasteiger partial charge is 0.489 e. The monoisotopic (exact) mass is 300 g/mol. The average Bonchev–Trinajstić information content (AvgIpc) is 2.47. The lowest BCUT2D eigenvalue weighted by atomic mass is 10.1. The highest BCUT2D eigenvalue weighted by Gasteiger charge is 2.16. The van der Waals surface area contributed by atoms with Gasteiger partial charge >= 0.3 is 0 Å². The smallest absolute Gasteiger partial charge is 0.240 e. The Balaban J connectivity index is 2.02. The fourth-order valence-electron chi connectivity index (χ4n) is 2.06. The molecule has 1 aliphatic rings. The van der Waals surface area contributed by atoms with Gasteiger partial charge in [-0.15, -0.1) is 0 Å². The van der Waals surface area contributed by atoms with Crippen LogP contribution in [0.2, 0.25) is 0 Å². The van der Waals surface area contributed by atoms with E-state index in [4.69, 9.17) is 15.2 Å². The molecule has 3 N–H and O–H groups in total. The zero-order valence-electron chi connectivity index (χ0n) is 11.5. The fraction of sp³-hybridized carbons (Fsp3) is 0.538. The molecule has 0 aromatic heterocycles. The molecule has 1 atom stereocenters. The Kier molecular flexibility index (Phi) is 4.85. The highest BCUT2D eigenvalue weighted by atomic mass is 32.2. The summed E-state index contributed by atoms with van der Waals surface area (Å²) in [6, 6.07) is 4.44. The molecule has 1 fully saturated rings. The molecule has 0 spiro atoms. The van der Waals surface area contributed by atoms with E-state index in [9.17, 15) is 8.42 Å². The number of benzene rings is 1. The molecule has 1 aliphatic heterocycles. The van der Waals surface area contributed by atoms with E-state index in [2.05, 4.69) is 4.72 Å². The van der Waals surface area contributed by atoms with E-state index >= 15 is 0 Å². The number of nitrogens with two attached hydrogens (primary N) is 1. The standard InChI is InChI=1S/C13H20N2O4S/c1-15-20(16,17)11-5-6-13(12(14)8-11)19-9-10-4-2-3-7-18-10/h5-6,8,10,15H,2-4,7,9,14H2,1H3. The summed E-state index contributed by atoms with van der Waals surface area (Å²) in [5, 5.41) is 0. The van der Waals surface area contributed by atoms with Gasteiger partial charge in [0.05, 0.1) is 16.7 Å². The van der Waals surface area contributed by atoms with Crippen LogP contribution in [-0.2, 0) is 14.8 Å². The number of hydrogen-bond donors (Lipinski definition) is 2. The molecule has 1 aromatic rings. The number of hydrogen-bond acceptors (Lipinski definition) is 5. The molecule has 112 valence electrons. The Morgan fingerprint density at radius 3 is 2.85 bits per heavy atom. The average molecular weight is 300 g/mol. The minimum absolute atomic E-state index is 0.0869. The van der Waals surface area contributed by atoms with Crippen molar-refractivity contribution in [1.29, 1.82) is 0 Å². The molecule has 1 heterocycles. The van der Waals surface area contributed by atoms with E-state index in [0.717, 1.165) is 25.9 Å². The number of rotatable bonds is 5. The van der Waals surface area contributed by atoms with E-state index in [0.29, 0.717) is 18.0 Å². The highest BCUT2D eigenvalue weighted by molar-refractivity contribution is 7.89. The molecule has 0 bridgehead atoms. The number of nitrogen functional groups attached to an aromatic ring is 1. The maximum Gasteiger partial charge on any atom is 0.240 e. The lowest BCUT2D eigenvalue weighted by Gasteiger charge is -2.23. The minimum Gasteiger partial charge on any atom is -0.489 e. The quantitative estimate of drug-likeness (QED) is 0.795. The third kappa shape index (κ3) is 3.62. The van der Waals surface area contributed by atoms with Crippen molar-refractivity contribution in [2.75, 3.05) is 26.0 Å². The van der Waals surface area contributed by atoms with Crippen LogP contribution in [0.15, 0.2) is 23.1 Å². The van der Waals surface area contributed by atoms with E-state index in [1.807, 2.05) is 0 Å². The first-order valence-corrected chi connectivity index (χ1v) is 8.09. The molecule has 7 heteroatoms. The summed E-state index contributed by atoms with van der Waals surface area (Å²) >= 11 is 0.